The number of carbonyl (C=O) groups is 2. The van der Waals surface area contributed by atoms with E-state index in [1.165, 1.54) is 0 Å². The zero-order valence-electron chi connectivity index (χ0n) is 12.8. The van der Waals surface area contributed by atoms with Gasteiger partial charge in [0.15, 0.2) is 0 Å². The maximum atomic E-state index is 12.7. The van der Waals surface area contributed by atoms with Gasteiger partial charge in [0.1, 0.15) is 6.42 Å². The summed E-state index contributed by atoms with van der Waals surface area (Å²) in [5, 5.41) is 1.79. The van der Waals surface area contributed by atoms with Crippen LogP contribution in [0.5, 0.6) is 0 Å². The third-order valence-corrected chi connectivity index (χ3v) is 4.20. The molecule has 0 saturated heterocycles. The lowest BCUT2D eigenvalue weighted by atomic mass is 10.0. The highest BCUT2D eigenvalue weighted by Gasteiger charge is 2.31. The number of carbonyl (C=O) groups excluding carboxylic acids is 2. The lowest BCUT2D eigenvalue weighted by Gasteiger charge is -2.25. The van der Waals surface area contributed by atoms with Crippen molar-refractivity contribution in [3.63, 3.8) is 0 Å². The molecule has 0 atom stereocenters. The van der Waals surface area contributed by atoms with Crippen LogP contribution >= 0.6 is 0 Å². The van der Waals surface area contributed by atoms with Crippen LogP contribution in [0.15, 0.2) is 66.7 Å². The normalized spacial score (nSPS) is 14.7. The summed E-state index contributed by atoms with van der Waals surface area (Å²) < 4.78 is 0. The van der Waals surface area contributed by atoms with E-state index < -0.39 is 5.91 Å². The van der Waals surface area contributed by atoms with Crippen LogP contribution in [0, 0.1) is 0 Å². The van der Waals surface area contributed by atoms with Crippen molar-refractivity contribution in [2.24, 2.45) is 0 Å². The Kier molecular flexibility index (Phi) is 3.34. The topological polar surface area (TPSA) is 40.6 Å². The molecule has 3 aromatic rings. The van der Waals surface area contributed by atoms with Crippen molar-refractivity contribution < 1.29 is 9.59 Å². The molecule has 2 radical (unpaired) electrons. The van der Waals surface area contributed by atoms with Gasteiger partial charge in [-0.15, -0.1) is 0 Å². The van der Waals surface area contributed by atoms with Crippen LogP contribution in [0.25, 0.3) is 10.8 Å². The summed E-state index contributed by atoms with van der Waals surface area (Å²) in [6.45, 7) is 0. The lowest BCUT2D eigenvalue weighted by Crippen LogP contribution is -2.29. The Hall–Kier alpha value is -3.08. The molecule has 0 unspecified atom stereocenters. The molecule has 0 spiro atoms. The van der Waals surface area contributed by atoms with Crippen LogP contribution < -0.4 is 9.71 Å². The van der Waals surface area contributed by atoms with Crippen LogP contribution in [-0.2, 0) is 9.59 Å². The minimum atomic E-state index is -0.420. The second-order valence-corrected chi connectivity index (χ2v) is 5.66. The largest absolute Gasteiger partial charge is 0.367 e. The molecule has 1 aliphatic rings. The molecule has 2 amide bonds. The summed E-state index contributed by atoms with van der Waals surface area (Å²) in [5.41, 5.74) is 1.87. The molecule has 0 bridgehead atoms. The fourth-order valence-electron chi connectivity index (χ4n) is 3.09. The second-order valence-electron chi connectivity index (χ2n) is 5.66. The maximum absolute atomic E-state index is 12.7. The molecule has 0 aromatic heterocycles. The number of para-hydroxylation sites is 1. The van der Waals surface area contributed by atoms with Gasteiger partial charge in [0.2, 0.25) is 19.8 Å². The molecule has 0 N–H and O–H groups in total. The van der Waals surface area contributed by atoms with Crippen molar-refractivity contribution in [3.8, 4) is 0 Å². The van der Waals surface area contributed by atoms with Crippen LogP contribution in [0.2, 0.25) is 0 Å². The molecule has 4 nitrogen and oxygen atoms in total. The van der Waals surface area contributed by atoms with Crippen LogP contribution in [0.1, 0.15) is 6.42 Å². The first kappa shape index (κ1) is 14.5. The van der Waals surface area contributed by atoms with Crippen molar-refractivity contribution in [2.75, 3.05) is 9.71 Å². The number of hydrogen-bond acceptors (Lipinski definition) is 2. The third kappa shape index (κ3) is 2.17. The number of amides is 2. The van der Waals surface area contributed by atoms with Crippen molar-refractivity contribution in [2.45, 2.75) is 6.42 Å². The zero-order chi connectivity index (χ0) is 16.7. The summed E-state index contributed by atoms with van der Waals surface area (Å²) in [6, 6.07) is 20.7. The minimum absolute atomic E-state index is 0.269. The molecular weight excluding hydrogens is 299 g/mol. The summed E-state index contributed by atoms with van der Waals surface area (Å²) in [5.74, 6) is -0.716. The van der Waals surface area contributed by atoms with E-state index in [-0.39, 0.29) is 12.3 Å². The highest BCUT2D eigenvalue weighted by Crippen LogP contribution is 2.41. The molecule has 114 valence electrons. The van der Waals surface area contributed by atoms with E-state index in [4.69, 9.17) is 7.98 Å². The first-order chi connectivity index (χ1) is 11.7. The van der Waals surface area contributed by atoms with Gasteiger partial charge in [0.25, 0.3) is 0 Å². The van der Waals surface area contributed by atoms with Gasteiger partial charge < -0.3 is 4.81 Å². The summed E-state index contributed by atoms with van der Waals surface area (Å²) in [4.78, 5) is 27.7. The Morgan fingerprint density at radius 2 is 1.50 bits per heavy atom. The van der Waals surface area contributed by atoms with Crippen molar-refractivity contribution >= 4 is 47.6 Å². The first-order valence-electron chi connectivity index (χ1n) is 7.64. The molecule has 0 saturated carbocycles. The second kappa shape index (κ2) is 5.53. The number of anilines is 3. The molecule has 0 fully saturated rings. The predicted molar refractivity (Wildman–Crippen MR) is 95.4 cm³/mol. The van der Waals surface area contributed by atoms with E-state index in [0.717, 1.165) is 15.6 Å². The van der Waals surface area contributed by atoms with Gasteiger partial charge in [-0.3, -0.25) is 14.5 Å². The molecule has 1 aliphatic heterocycles. The molecule has 24 heavy (non-hydrogen) atoms. The summed E-state index contributed by atoms with van der Waals surface area (Å²) >= 11 is 0. The van der Waals surface area contributed by atoms with E-state index >= 15 is 0 Å². The van der Waals surface area contributed by atoms with Crippen molar-refractivity contribution in [3.05, 3.63) is 66.7 Å². The summed E-state index contributed by atoms with van der Waals surface area (Å²) in [7, 11) is 6.06. The molecule has 4 rings (SSSR count). The van der Waals surface area contributed by atoms with E-state index in [1.807, 2.05) is 66.7 Å². The van der Waals surface area contributed by atoms with Crippen LogP contribution in [-0.4, -0.2) is 19.8 Å². The highest BCUT2D eigenvalue weighted by molar-refractivity contribution is 6.38. The van der Waals surface area contributed by atoms with E-state index in [2.05, 4.69) is 0 Å². The van der Waals surface area contributed by atoms with E-state index in [0.29, 0.717) is 17.1 Å². The van der Waals surface area contributed by atoms with Crippen LogP contribution in [0.3, 0.4) is 0 Å². The number of benzene rings is 3. The average Bonchev–Trinajstić information content (AvgIpc) is 2.70. The van der Waals surface area contributed by atoms with Gasteiger partial charge in [-0.1, -0.05) is 48.5 Å². The number of nitrogens with zero attached hydrogens (tertiary/aromatic N) is 2. The van der Waals surface area contributed by atoms with Gasteiger partial charge in [0, 0.05) is 11.1 Å². The Morgan fingerprint density at radius 1 is 0.792 bits per heavy atom. The summed E-state index contributed by atoms with van der Waals surface area (Å²) in [6.07, 6.45) is -0.269. The smallest absolute Gasteiger partial charge is 0.241 e. The Balaban J connectivity index is 2.05. The van der Waals surface area contributed by atoms with Gasteiger partial charge >= 0.3 is 0 Å². The van der Waals surface area contributed by atoms with Crippen molar-refractivity contribution in [1.29, 1.82) is 0 Å². The predicted octanol–water partition coefficient (Wildman–Crippen LogP) is 3.32. The fraction of sp³-hybridized carbons (Fsp3) is 0.0526. The monoisotopic (exact) mass is 312 g/mol. The molecule has 0 aliphatic carbocycles. The average molecular weight is 312 g/mol. The zero-order valence-corrected chi connectivity index (χ0v) is 12.8. The van der Waals surface area contributed by atoms with Gasteiger partial charge in [-0.2, -0.15) is 0 Å². The Bertz CT molecular complexity index is 956. The molecular formula is C19H13BN2O2. The Morgan fingerprint density at radius 3 is 2.29 bits per heavy atom. The quantitative estimate of drug-likeness (QED) is 0.511. The SMILES string of the molecule is [B]N1C(=O)CC(=O)N(c2ccccc2)c2ccc3ccccc3c21. The highest BCUT2D eigenvalue weighted by atomic mass is 16.2. The standard InChI is InChI=1S/C19H13BN2O2/c20-22-18(24)12-17(23)21(14-7-2-1-3-8-14)16-11-10-13-6-4-5-9-15(13)19(16)22/h1-11H,12H2. The van der Waals surface area contributed by atoms with Gasteiger partial charge in [-0.25, -0.2) is 0 Å². The van der Waals surface area contributed by atoms with E-state index in [9.17, 15) is 9.59 Å². The van der Waals surface area contributed by atoms with Gasteiger partial charge in [0.05, 0.1) is 11.4 Å². The maximum Gasteiger partial charge on any atom is 0.241 e. The minimum Gasteiger partial charge on any atom is -0.367 e. The molecule has 1 heterocycles. The van der Waals surface area contributed by atoms with E-state index in [1.54, 1.807) is 4.90 Å². The third-order valence-electron chi connectivity index (χ3n) is 4.20. The lowest BCUT2D eigenvalue weighted by molar-refractivity contribution is -0.125. The van der Waals surface area contributed by atoms with Crippen LogP contribution in [0.4, 0.5) is 17.1 Å². The number of fused-ring (bicyclic) bond motifs is 3. The molecule has 3 aromatic carbocycles. The Labute approximate surface area is 140 Å². The number of rotatable bonds is 1. The molecule has 5 heteroatoms. The fourth-order valence-corrected chi connectivity index (χ4v) is 3.09. The van der Waals surface area contributed by atoms with Crippen molar-refractivity contribution in [1.82, 2.24) is 0 Å². The number of hydrogen-bond donors (Lipinski definition) is 0. The van der Waals surface area contributed by atoms with Gasteiger partial charge in [-0.05, 0) is 23.6 Å². The first-order valence-corrected chi connectivity index (χ1v) is 7.64.